The van der Waals surface area contributed by atoms with Crippen molar-refractivity contribution in [2.24, 2.45) is 0 Å². The lowest BCUT2D eigenvalue weighted by Crippen LogP contribution is -2.03. The molecular formula is C10H11ClO2. The second-order valence-corrected chi connectivity index (χ2v) is 3.58. The molecule has 1 fully saturated rings. The van der Waals surface area contributed by atoms with Gasteiger partial charge >= 0.3 is 0 Å². The van der Waals surface area contributed by atoms with Gasteiger partial charge in [-0.15, -0.1) is 0 Å². The van der Waals surface area contributed by atoms with Gasteiger partial charge < -0.3 is 9.47 Å². The maximum Gasteiger partial charge on any atom is 0.119 e. The zero-order chi connectivity index (χ0) is 9.26. The first-order valence-electron chi connectivity index (χ1n) is 4.26. The number of benzene rings is 1. The van der Waals surface area contributed by atoms with Crippen molar-refractivity contribution in [3.8, 4) is 5.75 Å². The van der Waals surface area contributed by atoms with Crippen LogP contribution in [0.5, 0.6) is 5.75 Å². The third-order valence-electron chi connectivity index (χ3n) is 1.97. The fraction of sp³-hybridized carbons (Fsp3) is 0.400. The van der Waals surface area contributed by atoms with Gasteiger partial charge in [0.15, 0.2) is 0 Å². The molecule has 2 nitrogen and oxygen atoms in total. The summed E-state index contributed by atoms with van der Waals surface area (Å²) >= 11 is 5.88. The molecule has 1 aromatic carbocycles. The van der Waals surface area contributed by atoms with Gasteiger partial charge in [-0.05, 0) is 30.7 Å². The van der Waals surface area contributed by atoms with Crippen LogP contribution in [0.4, 0.5) is 0 Å². The van der Waals surface area contributed by atoms with E-state index in [9.17, 15) is 0 Å². The highest BCUT2D eigenvalue weighted by molar-refractivity contribution is 6.31. The van der Waals surface area contributed by atoms with Gasteiger partial charge in [-0.1, -0.05) is 11.6 Å². The lowest BCUT2D eigenvalue weighted by atomic mass is 10.2. The van der Waals surface area contributed by atoms with Crippen LogP contribution in [0.3, 0.4) is 0 Å². The molecule has 0 bridgehead atoms. The van der Waals surface area contributed by atoms with Gasteiger partial charge in [-0.25, -0.2) is 0 Å². The number of hydrogen-bond acceptors (Lipinski definition) is 2. The molecule has 0 unspecified atom stereocenters. The summed E-state index contributed by atoms with van der Waals surface area (Å²) in [5.41, 5.74) is 1.04. The van der Waals surface area contributed by atoms with E-state index in [1.54, 1.807) is 0 Å². The number of hydrogen-bond donors (Lipinski definition) is 0. The van der Waals surface area contributed by atoms with Crippen molar-refractivity contribution in [1.29, 1.82) is 0 Å². The van der Waals surface area contributed by atoms with E-state index in [-0.39, 0.29) is 0 Å². The summed E-state index contributed by atoms with van der Waals surface area (Å²) in [5, 5.41) is 0.773. The minimum Gasteiger partial charge on any atom is -0.491 e. The van der Waals surface area contributed by atoms with E-state index in [2.05, 4.69) is 0 Å². The first kappa shape index (κ1) is 8.85. The molecule has 0 radical (unpaired) electrons. The SMILES string of the molecule is Cc1cc(OC[C@H]2CO2)ccc1Cl. The standard InChI is InChI=1S/C10H11ClO2/c1-7-4-8(2-3-10(7)11)12-5-9-6-13-9/h2-4,9H,5-6H2,1H3/t9-/m0/s1. The lowest BCUT2D eigenvalue weighted by Gasteiger charge is -2.05. The van der Waals surface area contributed by atoms with Crippen molar-refractivity contribution >= 4 is 11.6 Å². The smallest absolute Gasteiger partial charge is 0.119 e. The third kappa shape index (κ3) is 2.36. The normalized spacial score (nSPS) is 20.0. The molecule has 0 aromatic heterocycles. The van der Waals surface area contributed by atoms with Crippen LogP contribution in [0.1, 0.15) is 5.56 Å². The van der Waals surface area contributed by atoms with Gasteiger partial charge in [0.05, 0.1) is 6.61 Å². The molecule has 0 spiro atoms. The minimum atomic E-state index is 0.302. The van der Waals surface area contributed by atoms with E-state index >= 15 is 0 Å². The summed E-state index contributed by atoms with van der Waals surface area (Å²) in [6.07, 6.45) is 0.302. The van der Waals surface area contributed by atoms with Crippen molar-refractivity contribution in [2.75, 3.05) is 13.2 Å². The average Bonchev–Trinajstić information content (AvgIpc) is 2.91. The molecule has 2 rings (SSSR count). The topological polar surface area (TPSA) is 21.8 Å². The predicted octanol–water partition coefficient (Wildman–Crippen LogP) is 2.43. The molecule has 13 heavy (non-hydrogen) atoms. The number of epoxide rings is 1. The van der Waals surface area contributed by atoms with Crippen molar-refractivity contribution in [3.63, 3.8) is 0 Å². The van der Waals surface area contributed by atoms with Crippen LogP contribution in [-0.4, -0.2) is 19.3 Å². The largest absolute Gasteiger partial charge is 0.491 e. The van der Waals surface area contributed by atoms with Crippen molar-refractivity contribution in [2.45, 2.75) is 13.0 Å². The summed E-state index contributed by atoms with van der Waals surface area (Å²) in [6, 6.07) is 5.66. The van der Waals surface area contributed by atoms with E-state index in [4.69, 9.17) is 21.1 Å². The van der Waals surface area contributed by atoms with Crippen LogP contribution in [-0.2, 0) is 4.74 Å². The molecule has 1 heterocycles. The zero-order valence-electron chi connectivity index (χ0n) is 7.42. The van der Waals surface area contributed by atoms with Gasteiger partial charge in [-0.2, -0.15) is 0 Å². The zero-order valence-corrected chi connectivity index (χ0v) is 8.17. The van der Waals surface area contributed by atoms with Crippen LogP contribution in [0.25, 0.3) is 0 Å². The highest BCUT2D eigenvalue weighted by Gasteiger charge is 2.22. The molecule has 1 aromatic rings. The Balaban J connectivity index is 1.98. The fourth-order valence-corrected chi connectivity index (χ4v) is 1.18. The van der Waals surface area contributed by atoms with E-state index in [1.807, 2.05) is 25.1 Å². The molecule has 1 atom stereocenters. The number of rotatable bonds is 3. The van der Waals surface area contributed by atoms with Crippen molar-refractivity contribution in [1.82, 2.24) is 0 Å². The Kier molecular flexibility index (Phi) is 2.42. The van der Waals surface area contributed by atoms with Crippen molar-refractivity contribution in [3.05, 3.63) is 28.8 Å². The second kappa shape index (κ2) is 3.56. The van der Waals surface area contributed by atoms with Gasteiger partial charge in [0.1, 0.15) is 18.5 Å². The fourth-order valence-electron chi connectivity index (χ4n) is 1.06. The van der Waals surface area contributed by atoms with Crippen LogP contribution >= 0.6 is 11.6 Å². The Hall–Kier alpha value is -0.730. The van der Waals surface area contributed by atoms with Crippen LogP contribution < -0.4 is 4.74 Å². The molecule has 70 valence electrons. The molecule has 0 N–H and O–H groups in total. The van der Waals surface area contributed by atoms with E-state index in [1.165, 1.54) is 0 Å². The highest BCUT2D eigenvalue weighted by Crippen LogP contribution is 2.22. The van der Waals surface area contributed by atoms with Crippen LogP contribution in [0.2, 0.25) is 5.02 Å². The van der Waals surface area contributed by atoms with Crippen LogP contribution in [0.15, 0.2) is 18.2 Å². The molecule has 0 saturated carbocycles. The molecule has 1 aliphatic heterocycles. The molecule has 0 aliphatic carbocycles. The first-order chi connectivity index (χ1) is 6.25. The summed E-state index contributed by atoms with van der Waals surface area (Å²) in [5.74, 6) is 0.859. The lowest BCUT2D eigenvalue weighted by molar-refractivity contribution is 0.263. The Morgan fingerprint density at radius 3 is 3.00 bits per heavy atom. The summed E-state index contributed by atoms with van der Waals surface area (Å²) in [6.45, 7) is 3.43. The van der Waals surface area contributed by atoms with E-state index < -0.39 is 0 Å². The van der Waals surface area contributed by atoms with Gasteiger partial charge in [0.25, 0.3) is 0 Å². The monoisotopic (exact) mass is 198 g/mol. The second-order valence-electron chi connectivity index (χ2n) is 3.18. The summed E-state index contributed by atoms with van der Waals surface area (Å²) in [4.78, 5) is 0. The molecular weight excluding hydrogens is 188 g/mol. The average molecular weight is 199 g/mol. The van der Waals surface area contributed by atoms with Gasteiger partial charge in [0, 0.05) is 5.02 Å². The number of ether oxygens (including phenoxy) is 2. The Morgan fingerprint density at radius 2 is 2.38 bits per heavy atom. The van der Waals surface area contributed by atoms with Gasteiger partial charge in [-0.3, -0.25) is 0 Å². The maximum absolute atomic E-state index is 5.88. The Bertz CT molecular complexity index is 308. The predicted molar refractivity (Wildman–Crippen MR) is 51.4 cm³/mol. The molecule has 1 saturated heterocycles. The molecule has 1 aliphatic rings. The summed E-state index contributed by atoms with van der Waals surface area (Å²) < 4.78 is 10.5. The van der Waals surface area contributed by atoms with Gasteiger partial charge in [0.2, 0.25) is 0 Å². The highest BCUT2D eigenvalue weighted by atomic mass is 35.5. The summed E-state index contributed by atoms with van der Waals surface area (Å²) in [7, 11) is 0. The minimum absolute atomic E-state index is 0.302. The number of halogens is 1. The molecule has 3 heteroatoms. The quantitative estimate of drug-likeness (QED) is 0.696. The third-order valence-corrected chi connectivity index (χ3v) is 2.39. The molecule has 0 amide bonds. The Morgan fingerprint density at radius 1 is 1.62 bits per heavy atom. The Labute approximate surface area is 82.4 Å². The first-order valence-corrected chi connectivity index (χ1v) is 4.64. The maximum atomic E-state index is 5.88. The number of aryl methyl sites for hydroxylation is 1. The van der Waals surface area contributed by atoms with Crippen LogP contribution in [0, 0.1) is 6.92 Å². The van der Waals surface area contributed by atoms with Crippen molar-refractivity contribution < 1.29 is 9.47 Å². The van der Waals surface area contributed by atoms with E-state index in [0.29, 0.717) is 12.7 Å². The van der Waals surface area contributed by atoms with E-state index in [0.717, 1.165) is 22.9 Å².